The minimum absolute atomic E-state index is 0.00401. The predicted octanol–water partition coefficient (Wildman–Crippen LogP) is 4.61. The summed E-state index contributed by atoms with van der Waals surface area (Å²) in [5, 5.41) is 8.61. The van der Waals surface area contributed by atoms with Gasteiger partial charge in [0.2, 0.25) is 5.88 Å². The minimum Gasteiger partial charge on any atom is -0.478 e. The molecule has 0 saturated carbocycles. The number of hydrogen-bond acceptors (Lipinski definition) is 4. The zero-order valence-electron chi connectivity index (χ0n) is 12.5. The van der Waals surface area contributed by atoms with Crippen molar-refractivity contribution in [3.63, 3.8) is 0 Å². The number of carboxylic acid groups (broad SMARTS) is 1. The number of alkyl halides is 3. The van der Waals surface area contributed by atoms with E-state index in [1.807, 2.05) is 0 Å². The Kier molecular flexibility index (Phi) is 5.36. The number of benzene rings is 1. The largest absolute Gasteiger partial charge is 0.478 e. The maximum Gasteiger partial charge on any atom is 0.422 e. The number of rotatable bonds is 5. The molecule has 0 spiro atoms. The van der Waals surface area contributed by atoms with Crippen molar-refractivity contribution in [1.82, 2.24) is 4.98 Å². The Labute approximate surface area is 143 Å². The Morgan fingerprint density at radius 1 is 1.32 bits per heavy atom. The van der Waals surface area contributed by atoms with Gasteiger partial charge in [-0.15, -0.1) is 0 Å². The highest BCUT2D eigenvalue weighted by atomic mass is 35.5. The molecule has 0 aliphatic carbocycles. The summed E-state index contributed by atoms with van der Waals surface area (Å²) in [6.45, 7) is -0.0576. The summed E-state index contributed by atoms with van der Waals surface area (Å²) in [7, 11) is 0. The molecule has 2 aromatic rings. The summed E-state index contributed by atoms with van der Waals surface area (Å²) in [5.41, 5.74) is -0.191. The molecule has 5 nitrogen and oxygen atoms in total. The van der Waals surface area contributed by atoms with E-state index in [9.17, 15) is 22.4 Å². The number of carbonyl (C=O) groups is 1. The number of carboxylic acids is 1. The molecule has 25 heavy (non-hydrogen) atoms. The van der Waals surface area contributed by atoms with Gasteiger partial charge in [0.25, 0.3) is 0 Å². The van der Waals surface area contributed by atoms with Gasteiger partial charge in [-0.05, 0) is 18.6 Å². The van der Waals surface area contributed by atoms with Crippen molar-refractivity contribution in [3.05, 3.63) is 46.4 Å². The van der Waals surface area contributed by atoms with Gasteiger partial charge < -0.3 is 14.6 Å². The van der Waals surface area contributed by atoms with E-state index in [0.29, 0.717) is 5.56 Å². The zero-order valence-corrected chi connectivity index (χ0v) is 13.3. The molecule has 1 N–H and O–H groups in total. The van der Waals surface area contributed by atoms with Crippen molar-refractivity contribution in [2.24, 2.45) is 0 Å². The van der Waals surface area contributed by atoms with Crippen molar-refractivity contribution >= 4 is 17.6 Å². The van der Waals surface area contributed by atoms with Gasteiger partial charge in [-0.25, -0.2) is 14.2 Å². The molecule has 1 aromatic heterocycles. The molecule has 0 fully saturated rings. The van der Waals surface area contributed by atoms with E-state index in [1.165, 1.54) is 6.92 Å². The van der Waals surface area contributed by atoms with E-state index in [4.69, 9.17) is 21.4 Å². The van der Waals surface area contributed by atoms with Gasteiger partial charge in [0.15, 0.2) is 6.61 Å². The lowest BCUT2D eigenvalue weighted by atomic mass is 10.1. The molecular formula is C15H10ClF4NO4. The van der Waals surface area contributed by atoms with Crippen LogP contribution in [0.3, 0.4) is 0 Å². The lowest BCUT2D eigenvalue weighted by Crippen LogP contribution is -2.19. The molecule has 0 atom stereocenters. The number of aryl methyl sites for hydroxylation is 1. The molecule has 0 aliphatic heterocycles. The molecule has 2 rings (SSSR count). The van der Waals surface area contributed by atoms with Gasteiger partial charge in [-0.2, -0.15) is 13.2 Å². The number of ether oxygens (including phenoxy) is 2. The van der Waals surface area contributed by atoms with Crippen molar-refractivity contribution in [2.75, 3.05) is 6.61 Å². The Balaban J connectivity index is 2.20. The van der Waals surface area contributed by atoms with Crippen molar-refractivity contribution in [2.45, 2.75) is 13.1 Å². The second-order valence-corrected chi connectivity index (χ2v) is 5.27. The molecule has 0 amide bonds. The fourth-order valence-electron chi connectivity index (χ4n) is 1.78. The predicted molar refractivity (Wildman–Crippen MR) is 79.0 cm³/mol. The van der Waals surface area contributed by atoms with Crippen LogP contribution in [0.4, 0.5) is 17.6 Å². The first-order valence-corrected chi connectivity index (χ1v) is 7.01. The number of aromatic carboxylic acids is 1. The molecular weight excluding hydrogens is 370 g/mol. The lowest BCUT2D eigenvalue weighted by Gasteiger charge is -2.12. The fourth-order valence-corrected chi connectivity index (χ4v) is 1.99. The van der Waals surface area contributed by atoms with Crippen molar-refractivity contribution in [1.29, 1.82) is 0 Å². The molecule has 0 saturated heterocycles. The monoisotopic (exact) mass is 379 g/mol. The van der Waals surface area contributed by atoms with E-state index in [2.05, 4.69) is 9.72 Å². The number of aromatic nitrogens is 1. The van der Waals surface area contributed by atoms with Gasteiger partial charge in [0, 0.05) is 12.1 Å². The Morgan fingerprint density at radius 3 is 2.56 bits per heavy atom. The summed E-state index contributed by atoms with van der Waals surface area (Å²) in [5.74, 6) is -2.85. The van der Waals surface area contributed by atoms with Crippen LogP contribution in [0, 0.1) is 12.7 Å². The first-order valence-electron chi connectivity index (χ1n) is 6.63. The average molecular weight is 380 g/mol. The summed E-state index contributed by atoms with van der Waals surface area (Å²) in [6, 6.07) is 3.10. The topological polar surface area (TPSA) is 68.7 Å². The van der Waals surface area contributed by atoms with Crippen molar-refractivity contribution < 1.29 is 36.9 Å². The first kappa shape index (κ1) is 18.8. The van der Waals surface area contributed by atoms with E-state index >= 15 is 0 Å². The Bertz CT molecular complexity index is 811. The Morgan fingerprint density at radius 2 is 2.00 bits per heavy atom. The number of pyridine rings is 1. The maximum atomic E-state index is 13.7. The molecule has 0 unspecified atom stereocenters. The van der Waals surface area contributed by atoms with Gasteiger partial charge >= 0.3 is 12.1 Å². The van der Waals surface area contributed by atoms with Crippen LogP contribution in [0.5, 0.6) is 17.4 Å². The normalized spacial score (nSPS) is 11.3. The number of hydrogen-bond donors (Lipinski definition) is 1. The minimum atomic E-state index is -4.54. The molecule has 0 radical (unpaired) electrons. The SMILES string of the molecule is Cc1cc(C(=O)O)c(F)cc1Oc1cnc(OCC(F)(F)F)c(Cl)c1. The summed E-state index contributed by atoms with van der Waals surface area (Å²) in [4.78, 5) is 14.5. The van der Waals surface area contributed by atoms with Crippen molar-refractivity contribution in [3.8, 4) is 17.4 Å². The van der Waals surface area contributed by atoms with E-state index in [-0.39, 0.29) is 16.5 Å². The quantitative estimate of drug-likeness (QED) is 0.768. The Hall–Kier alpha value is -2.55. The summed E-state index contributed by atoms with van der Waals surface area (Å²) < 4.78 is 59.8. The van der Waals surface area contributed by atoms with Gasteiger partial charge in [0.05, 0.1) is 11.8 Å². The maximum absolute atomic E-state index is 13.7. The molecule has 0 bridgehead atoms. The smallest absolute Gasteiger partial charge is 0.422 e. The highest BCUT2D eigenvalue weighted by Gasteiger charge is 2.29. The highest BCUT2D eigenvalue weighted by molar-refractivity contribution is 6.31. The molecule has 0 aliphatic rings. The second kappa shape index (κ2) is 7.14. The van der Waals surface area contributed by atoms with Crippen LogP contribution >= 0.6 is 11.6 Å². The first-order chi connectivity index (χ1) is 11.6. The molecule has 10 heteroatoms. The fraction of sp³-hybridized carbons (Fsp3) is 0.200. The number of halogens is 5. The van der Waals surface area contributed by atoms with E-state index in [0.717, 1.165) is 24.4 Å². The summed E-state index contributed by atoms with van der Waals surface area (Å²) in [6.07, 6.45) is -3.50. The van der Waals surface area contributed by atoms with E-state index in [1.54, 1.807) is 0 Å². The third-order valence-corrected chi connectivity index (χ3v) is 3.15. The van der Waals surface area contributed by atoms with Crippen LogP contribution in [0.1, 0.15) is 15.9 Å². The average Bonchev–Trinajstić information content (AvgIpc) is 2.48. The third kappa shape index (κ3) is 4.96. The standard InChI is InChI=1S/C15H10ClF4NO4/c1-7-2-9(14(22)23)11(17)4-12(7)25-8-3-10(16)13(21-5-8)24-6-15(18,19)20/h2-5H,6H2,1H3,(H,22,23). The van der Waals surface area contributed by atoms with E-state index < -0.39 is 36.0 Å². The highest BCUT2D eigenvalue weighted by Crippen LogP contribution is 2.32. The molecule has 1 aromatic carbocycles. The van der Waals surface area contributed by atoms with Gasteiger partial charge in [-0.1, -0.05) is 11.6 Å². The van der Waals surface area contributed by atoms with Crippen LogP contribution in [0.25, 0.3) is 0 Å². The molecule has 134 valence electrons. The zero-order chi connectivity index (χ0) is 18.8. The summed E-state index contributed by atoms with van der Waals surface area (Å²) >= 11 is 5.78. The van der Waals surface area contributed by atoms with Crippen LogP contribution in [0.15, 0.2) is 24.4 Å². The van der Waals surface area contributed by atoms with Crippen LogP contribution < -0.4 is 9.47 Å². The van der Waals surface area contributed by atoms with Gasteiger partial charge in [-0.3, -0.25) is 0 Å². The second-order valence-electron chi connectivity index (χ2n) is 4.87. The lowest BCUT2D eigenvalue weighted by molar-refractivity contribution is -0.154. The molecule has 1 heterocycles. The van der Waals surface area contributed by atoms with Crippen LogP contribution in [0.2, 0.25) is 5.02 Å². The third-order valence-electron chi connectivity index (χ3n) is 2.88. The van der Waals surface area contributed by atoms with Crippen LogP contribution in [-0.4, -0.2) is 28.8 Å². The number of nitrogens with zero attached hydrogens (tertiary/aromatic N) is 1. The van der Waals surface area contributed by atoms with Gasteiger partial charge in [0.1, 0.15) is 22.3 Å². The van der Waals surface area contributed by atoms with Crippen LogP contribution in [-0.2, 0) is 0 Å².